The molecular weight excluding hydrogens is 266 g/mol. The molecule has 2 heterocycles. The summed E-state index contributed by atoms with van der Waals surface area (Å²) in [6, 6.07) is 2.56. The third-order valence-corrected chi connectivity index (χ3v) is 5.25. The molecule has 1 N–H and O–H groups in total. The first kappa shape index (κ1) is 14.2. The van der Waals surface area contributed by atoms with Crippen molar-refractivity contribution in [1.29, 1.82) is 0 Å². The Bertz CT molecular complexity index is 556. The highest BCUT2D eigenvalue weighted by Gasteiger charge is 2.22. The summed E-state index contributed by atoms with van der Waals surface area (Å²) >= 11 is 0. The summed E-state index contributed by atoms with van der Waals surface area (Å²) in [6.45, 7) is 3.31. The molecule has 1 saturated heterocycles. The van der Waals surface area contributed by atoms with Crippen molar-refractivity contribution in [2.24, 2.45) is 0 Å². The molecule has 6 nitrogen and oxygen atoms in total. The molecule has 0 amide bonds. The smallest absolute Gasteiger partial charge is 0.247 e. The molecule has 2 rings (SSSR count). The minimum Gasteiger partial charge on any atom is -0.328 e. The topological polar surface area (TPSA) is 73.5 Å². The molecule has 1 aromatic heterocycles. The van der Waals surface area contributed by atoms with Crippen molar-refractivity contribution in [3.63, 3.8) is 0 Å². The van der Waals surface area contributed by atoms with Crippen molar-refractivity contribution in [1.82, 2.24) is 14.2 Å². The SMILES string of the molecule is CN(CCN1CCCC1)S(=O)(=O)c1ccc(=O)[nH]c1. The summed E-state index contributed by atoms with van der Waals surface area (Å²) in [4.78, 5) is 15.7. The Morgan fingerprint density at radius 1 is 1.32 bits per heavy atom. The third-order valence-electron chi connectivity index (χ3n) is 3.39. The van der Waals surface area contributed by atoms with E-state index in [1.54, 1.807) is 7.05 Å². The molecule has 0 bridgehead atoms. The lowest BCUT2D eigenvalue weighted by Crippen LogP contribution is -2.35. The minimum atomic E-state index is -3.51. The van der Waals surface area contributed by atoms with Crippen LogP contribution in [0.4, 0.5) is 0 Å². The van der Waals surface area contributed by atoms with Gasteiger partial charge in [0, 0.05) is 32.4 Å². The van der Waals surface area contributed by atoms with E-state index < -0.39 is 10.0 Å². The average Bonchev–Trinajstić information content (AvgIpc) is 2.89. The maximum absolute atomic E-state index is 12.2. The number of aromatic nitrogens is 1. The van der Waals surface area contributed by atoms with Crippen molar-refractivity contribution >= 4 is 10.0 Å². The first-order valence-corrected chi connectivity index (χ1v) is 7.81. The van der Waals surface area contributed by atoms with Crippen molar-refractivity contribution < 1.29 is 8.42 Å². The van der Waals surface area contributed by atoms with Gasteiger partial charge in [-0.05, 0) is 32.0 Å². The van der Waals surface area contributed by atoms with Crippen LogP contribution in [0.3, 0.4) is 0 Å². The Morgan fingerprint density at radius 2 is 2.00 bits per heavy atom. The quantitative estimate of drug-likeness (QED) is 0.832. The van der Waals surface area contributed by atoms with E-state index >= 15 is 0 Å². The number of likely N-dealkylation sites (tertiary alicyclic amines) is 1. The standard InChI is InChI=1S/C12H19N3O3S/c1-14(8-9-15-6-2-3-7-15)19(17,18)11-4-5-12(16)13-10-11/h4-5,10H,2-3,6-9H2,1H3,(H,13,16). The van der Waals surface area contributed by atoms with Gasteiger partial charge in [-0.25, -0.2) is 8.42 Å². The summed E-state index contributed by atoms with van der Waals surface area (Å²) in [6.07, 6.45) is 3.62. The Hall–Kier alpha value is -1.18. The molecule has 1 aromatic rings. The third kappa shape index (κ3) is 3.43. The Balaban J connectivity index is 2.01. The van der Waals surface area contributed by atoms with Gasteiger partial charge in [0.05, 0.1) is 4.90 Å². The maximum Gasteiger partial charge on any atom is 0.247 e. The van der Waals surface area contributed by atoms with Crippen LogP contribution in [0, 0.1) is 0 Å². The molecule has 106 valence electrons. The van der Waals surface area contributed by atoms with Gasteiger partial charge < -0.3 is 9.88 Å². The predicted molar refractivity (Wildman–Crippen MR) is 72.6 cm³/mol. The number of nitrogens with one attached hydrogen (secondary N) is 1. The fraction of sp³-hybridized carbons (Fsp3) is 0.583. The van der Waals surface area contributed by atoms with Crippen molar-refractivity contribution in [3.05, 3.63) is 28.7 Å². The van der Waals surface area contributed by atoms with Gasteiger partial charge in [0.2, 0.25) is 15.6 Å². The van der Waals surface area contributed by atoms with Crippen LogP contribution in [0.25, 0.3) is 0 Å². The van der Waals surface area contributed by atoms with Crippen LogP contribution < -0.4 is 5.56 Å². The van der Waals surface area contributed by atoms with Gasteiger partial charge in [0.15, 0.2) is 0 Å². The van der Waals surface area contributed by atoms with E-state index in [1.165, 1.54) is 35.5 Å². The lowest BCUT2D eigenvalue weighted by atomic mass is 10.4. The molecule has 1 fully saturated rings. The Morgan fingerprint density at radius 3 is 2.58 bits per heavy atom. The molecule has 0 radical (unpaired) electrons. The lowest BCUT2D eigenvalue weighted by Gasteiger charge is -2.21. The van der Waals surface area contributed by atoms with E-state index in [1.807, 2.05) is 0 Å². The normalized spacial score (nSPS) is 17.2. The second-order valence-corrected chi connectivity index (χ2v) is 6.81. The molecule has 1 aliphatic heterocycles. The fourth-order valence-corrected chi connectivity index (χ4v) is 3.28. The number of pyridine rings is 1. The zero-order chi connectivity index (χ0) is 13.9. The van der Waals surface area contributed by atoms with Gasteiger partial charge in [0.1, 0.15) is 0 Å². The number of rotatable bonds is 5. The molecule has 0 saturated carbocycles. The average molecular weight is 285 g/mol. The number of hydrogen-bond acceptors (Lipinski definition) is 4. The summed E-state index contributed by atoms with van der Waals surface area (Å²) in [7, 11) is -1.94. The van der Waals surface area contributed by atoms with Crippen LogP contribution in [-0.2, 0) is 10.0 Å². The zero-order valence-corrected chi connectivity index (χ0v) is 11.8. The van der Waals surface area contributed by atoms with Gasteiger partial charge in [-0.3, -0.25) is 4.79 Å². The second-order valence-electron chi connectivity index (χ2n) is 4.76. The highest BCUT2D eigenvalue weighted by Crippen LogP contribution is 2.12. The van der Waals surface area contributed by atoms with E-state index in [0.717, 1.165) is 19.6 Å². The van der Waals surface area contributed by atoms with Gasteiger partial charge in [-0.2, -0.15) is 4.31 Å². The Kier molecular flexibility index (Phi) is 4.38. The molecule has 0 aromatic carbocycles. The Labute approximate surface area is 113 Å². The van der Waals surface area contributed by atoms with E-state index in [9.17, 15) is 13.2 Å². The number of nitrogens with zero attached hydrogens (tertiary/aromatic N) is 2. The van der Waals surface area contributed by atoms with Crippen LogP contribution in [-0.4, -0.2) is 55.8 Å². The molecule has 1 aliphatic rings. The van der Waals surface area contributed by atoms with Crippen molar-refractivity contribution in [3.8, 4) is 0 Å². The van der Waals surface area contributed by atoms with Crippen LogP contribution in [0.5, 0.6) is 0 Å². The number of hydrogen-bond donors (Lipinski definition) is 1. The summed E-state index contributed by atoms with van der Waals surface area (Å²) < 4.78 is 25.8. The fourth-order valence-electron chi connectivity index (χ4n) is 2.15. The van der Waals surface area contributed by atoms with Crippen molar-refractivity contribution in [2.45, 2.75) is 17.7 Å². The lowest BCUT2D eigenvalue weighted by molar-refractivity contribution is 0.310. The van der Waals surface area contributed by atoms with Gasteiger partial charge >= 0.3 is 0 Å². The number of H-pyrrole nitrogens is 1. The van der Waals surface area contributed by atoms with Crippen LogP contribution in [0.1, 0.15) is 12.8 Å². The molecular formula is C12H19N3O3S. The zero-order valence-electron chi connectivity index (χ0n) is 11.0. The highest BCUT2D eigenvalue weighted by molar-refractivity contribution is 7.89. The van der Waals surface area contributed by atoms with E-state index in [2.05, 4.69) is 9.88 Å². The highest BCUT2D eigenvalue weighted by atomic mass is 32.2. The van der Waals surface area contributed by atoms with Crippen molar-refractivity contribution in [2.75, 3.05) is 33.2 Å². The molecule has 0 aliphatic carbocycles. The molecule has 7 heteroatoms. The van der Waals surface area contributed by atoms with E-state index in [-0.39, 0.29) is 10.5 Å². The predicted octanol–water partition coefficient (Wildman–Crippen LogP) is 0.0912. The first-order valence-electron chi connectivity index (χ1n) is 6.37. The summed E-state index contributed by atoms with van der Waals surface area (Å²) in [5.41, 5.74) is -0.307. The van der Waals surface area contributed by atoms with Crippen LogP contribution >= 0.6 is 0 Å². The number of sulfonamides is 1. The largest absolute Gasteiger partial charge is 0.328 e. The van der Waals surface area contributed by atoms with Gasteiger partial charge in [-0.15, -0.1) is 0 Å². The summed E-state index contributed by atoms with van der Waals surface area (Å²) in [5.74, 6) is 0. The van der Waals surface area contributed by atoms with Crippen LogP contribution in [0.15, 0.2) is 28.0 Å². The molecule has 0 spiro atoms. The minimum absolute atomic E-state index is 0.121. The second kappa shape index (κ2) is 5.85. The van der Waals surface area contributed by atoms with Gasteiger partial charge in [-0.1, -0.05) is 0 Å². The van der Waals surface area contributed by atoms with Gasteiger partial charge in [0.25, 0.3) is 0 Å². The first-order chi connectivity index (χ1) is 9.00. The van der Waals surface area contributed by atoms with E-state index in [0.29, 0.717) is 6.54 Å². The van der Waals surface area contributed by atoms with Crippen LogP contribution in [0.2, 0.25) is 0 Å². The molecule has 0 unspecified atom stereocenters. The maximum atomic E-state index is 12.2. The summed E-state index contributed by atoms with van der Waals surface area (Å²) in [5, 5.41) is 0. The van der Waals surface area contributed by atoms with E-state index in [4.69, 9.17) is 0 Å². The number of likely N-dealkylation sites (N-methyl/N-ethyl adjacent to an activating group) is 1. The monoisotopic (exact) mass is 285 g/mol. The molecule has 19 heavy (non-hydrogen) atoms. The molecule has 0 atom stereocenters. The number of aromatic amines is 1.